The number of carbonyl (C=O) groups is 1. The van der Waals surface area contributed by atoms with Gasteiger partial charge in [0.05, 0.1) is 11.4 Å². The first-order valence-electron chi connectivity index (χ1n) is 8.14. The van der Waals surface area contributed by atoms with E-state index >= 15 is 0 Å². The molecule has 134 valence electrons. The van der Waals surface area contributed by atoms with E-state index in [0.717, 1.165) is 17.1 Å². The highest BCUT2D eigenvalue weighted by Gasteiger charge is 2.25. The van der Waals surface area contributed by atoms with Crippen LogP contribution in [0.4, 0.5) is 5.69 Å². The van der Waals surface area contributed by atoms with Crippen molar-refractivity contribution < 1.29 is 22.7 Å². The highest BCUT2D eigenvalue weighted by Crippen LogP contribution is 2.34. The quantitative estimate of drug-likeness (QED) is 0.714. The van der Waals surface area contributed by atoms with Gasteiger partial charge in [0.25, 0.3) is 0 Å². The number of anilines is 1. The van der Waals surface area contributed by atoms with Gasteiger partial charge in [-0.05, 0) is 25.5 Å². The van der Waals surface area contributed by atoms with Crippen LogP contribution in [0.15, 0.2) is 18.2 Å². The van der Waals surface area contributed by atoms with Crippen LogP contribution in [0.1, 0.15) is 26.7 Å². The van der Waals surface area contributed by atoms with E-state index in [1.807, 2.05) is 6.92 Å². The molecule has 1 amide bonds. The van der Waals surface area contributed by atoms with Crippen LogP contribution in [0, 0.1) is 0 Å². The Kier molecular flexibility index (Phi) is 6.30. The number of nitrogens with one attached hydrogen (secondary N) is 1. The number of fused-ring (bicyclic) bond motifs is 1. The fourth-order valence-corrected chi connectivity index (χ4v) is 3.34. The van der Waals surface area contributed by atoms with E-state index in [-0.39, 0.29) is 18.2 Å². The minimum atomic E-state index is -3.59. The monoisotopic (exact) mass is 356 g/mol. The van der Waals surface area contributed by atoms with Gasteiger partial charge in [-0.3, -0.25) is 9.10 Å². The molecule has 1 aromatic rings. The van der Waals surface area contributed by atoms with Gasteiger partial charge in [0.2, 0.25) is 15.9 Å². The maximum Gasteiger partial charge on any atom is 0.240 e. The van der Waals surface area contributed by atoms with Crippen LogP contribution in [0.3, 0.4) is 0 Å². The number of ether oxygens (including phenoxy) is 2. The van der Waals surface area contributed by atoms with Crippen LogP contribution in [0.2, 0.25) is 0 Å². The molecule has 8 heteroatoms. The number of benzene rings is 1. The van der Waals surface area contributed by atoms with Gasteiger partial charge >= 0.3 is 0 Å². The zero-order chi connectivity index (χ0) is 17.6. The summed E-state index contributed by atoms with van der Waals surface area (Å²) in [6.45, 7) is 4.73. The topological polar surface area (TPSA) is 84.9 Å². The second-order valence-electron chi connectivity index (χ2n) is 5.44. The summed E-state index contributed by atoms with van der Waals surface area (Å²) in [7, 11) is -3.59. The highest BCUT2D eigenvalue weighted by atomic mass is 32.2. The molecule has 1 heterocycles. The van der Waals surface area contributed by atoms with Crippen molar-refractivity contribution in [3.63, 3.8) is 0 Å². The fourth-order valence-electron chi connectivity index (χ4n) is 2.28. The summed E-state index contributed by atoms with van der Waals surface area (Å²) >= 11 is 0. The summed E-state index contributed by atoms with van der Waals surface area (Å²) < 4.78 is 36.9. The molecule has 7 nitrogen and oxygen atoms in total. The Hall–Kier alpha value is -1.96. The van der Waals surface area contributed by atoms with E-state index < -0.39 is 10.0 Å². The Morgan fingerprint density at radius 3 is 2.58 bits per heavy atom. The van der Waals surface area contributed by atoms with Gasteiger partial charge in [-0.1, -0.05) is 13.3 Å². The Labute approximate surface area is 143 Å². The van der Waals surface area contributed by atoms with E-state index in [0.29, 0.717) is 36.9 Å². The first-order chi connectivity index (χ1) is 11.5. The third-order valence-electron chi connectivity index (χ3n) is 3.65. The molecule has 0 saturated carbocycles. The first-order valence-corrected chi connectivity index (χ1v) is 9.75. The number of nitrogens with zero attached hydrogens (tertiary/aromatic N) is 1. The van der Waals surface area contributed by atoms with Crippen molar-refractivity contribution in [1.82, 2.24) is 5.32 Å². The molecule has 24 heavy (non-hydrogen) atoms. The lowest BCUT2D eigenvalue weighted by Crippen LogP contribution is -2.41. The van der Waals surface area contributed by atoms with E-state index in [4.69, 9.17) is 9.47 Å². The molecule has 1 aliphatic heterocycles. The second kappa shape index (κ2) is 8.23. The molecule has 1 aromatic carbocycles. The van der Waals surface area contributed by atoms with Crippen molar-refractivity contribution >= 4 is 21.6 Å². The van der Waals surface area contributed by atoms with Gasteiger partial charge in [-0.25, -0.2) is 8.42 Å². The Morgan fingerprint density at radius 2 is 1.92 bits per heavy atom. The van der Waals surface area contributed by atoms with Gasteiger partial charge in [0.1, 0.15) is 19.8 Å². The number of hydrogen-bond acceptors (Lipinski definition) is 5. The Bertz CT molecular complexity index is 675. The molecule has 0 fully saturated rings. The first kappa shape index (κ1) is 18.4. The summed E-state index contributed by atoms with van der Waals surface area (Å²) in [5, 5.41) is 2.74. The molecule has 0 unspecified atom stereocenters. The molecule has 0 saturated heterocycles. The summed E-state index contributed by atoms with van der Waals surface area (Å²) in [6, 6.07) is 4.89. The molecule has 0 bridgehead atoms. The second-order valence-corrected chi connectivity index (χ2v) is 7.62. The summed E-state index contributed by atoms with van der Waals surface area (Å²) in [5.74, 6) is 0.645. The van der Waals surface area contributed by atoms with E-state index in [1.165, 1.54) is 0 Å². The van der Waals surface area contributed by atoms with Gasteiger partial charge < -0.3 is 14.8 Å². The van der Waals surface area contributed by atoms with Crippen LogP contribution in [0.25, 0.3) is 0 Å². The van der Waals surface area contributed by atoms with Crippen LogP contribution in [-0.2, 0) is 14.8 Å². The molecule has 1 N–H and O–H groups in total. The van der Waals surface area contributed by atoms with Crippen molar-refractivity contribution in [2.45, 2.75) is 26.7 Å². The normalized spacial score (nSPS) is 13.4. The minimum absolute atomic E-state index is 0.0936. The third-order valence-corrected chi connectivity index (χ3v) is 5.40. The maximum atomic E-state index is 12.4. The Balaban J connectivity index is 2.22. The molecule has 2 rings (SSSR count). The van der Waals surface area contributed by atoms with Crippen LogP contribution in [-0.4, -0.2) is 46.4 Å². The van der Waals surface area contributed by atoms with Crippen molar-refractivity contribution in [1.29, 1.82) is 0 Å². The number of sulfonamides is 1. The zero-order valence-electron chi connectivity index (χ0n) is 14.1. The number of carbonyl (C=O) groups excluding carboxylic acids is 1. The van der Waals surface area contributed by atoms with Gasteiger partial charge in [-0.15, -0.1) is 0 Å². The van der Waals surface area contributed by atoms with Crippen molar-refractivity contribution in [3.8, 4) is 11.5 Å². The maximum absolute atomic E-state index is 12.4. The molecule has 0 aromatic heterocycles. The van der Waals surface area contributed by atoms with E-state index in [1.54, 1.807) is 25.1 Å². The SMILES string of the molecule is CCCCNC(=O)CN(c1ccc2c(c1)OCCO2)S(=O)(=O)CC. The molecular weight excluding hydrogens is 332 g/mol. The number of amides is 1. The Morgan fingerprint density at radius 1 is 1.21 bits per heavy atom. The predicted octanol–water partition coefficient (Wildman–Crippen LogP) is 1.53. The highest BCUT2D eigenvalue weighted by molar-refractivity contribution is 7.92. The van der Waals surface area contributed by atoms with Crippen molar-refractivity contribution in [2.24, 2.45) is 0 Å². The lowest BCUT2D eigenvalue weighted by atomic mass is 10.2. The number of hydrogen-bond donors (Lipinski definition) is 1. The third kappa shape index (κ3) is 4.53. The molecule has 0 aliphatic carbocycles. The number of unbranched alkanes of at least 4 members (excludes halogenated alkanes) is 1. The van der Waals surface area contributed by atoms with Crippen LogP contribution >= 0.6 is 0 Å². The summed E-state index contributed by atoms with van der Waals surface area (Å²) in [5.41, 5.74) is 0.395. The number of rotatable bonds is 8. The van der Waals surface area contributed by atoms with Crippen molar-refractivity contribution in [2.75, 3.05) is 36.4 Å². The predicted molar refractivity (Wildman–Crippen MR) is 92.2 cm³/mol. The zero-order valence-corrected chi connectivity index (χ0v) is 14.9. The molecule has 0 spiro atoms. The van der Waals surface area contributed by atoms with Gasteiger partial charge in [0.15, 0.2) is 11.5 Å². The minimum Gasteiger partial charge on any atom is -0.486 e. The standard InChI is InChI=1S/C16H24N2O5S/c1-3-5-8-17-16(19)12-18(24(20,21)4-2)13-6-7-14-15(11-13)23-10-9-22-14/h6-7,11H,3-5,8-10,12H2,1-2H3,(H,17,19). The van der Waals surface area contributed by atoms with Crippen LogP contribution < -0.4 is 19.1 Å². The average molecular weight is 356 g/mol. The largest absolute Gasteiger partial charge is 0.486 e. The average Bonchev–Trinajstić information content (AvgIpc) is 2.59. The van der Waals surface area contributed by atoms with E-state index in [9.17, 15) is 13.2 Å². The van der Waals surface area contributed by atoms with Gasteiger partial charge in [-0.2, -0.15) is 0 Å². The van der Waals surface area contributed by atoms with Crippen LogP contribution in [0.5, 0.6) is 11.5 Å². The lowest BCUT2D eigenvalue weighted by molar-refractivity contribution is -0.119. The van der Waals surface area contributed by atoms with Gasteiger partial charge in [0, 0.05) is 12.6 Å². The summed E-state index contributed by atoms with van der Waals surface area (Å²) in [6.07, 6.45) is 1.82. The summed E-state index contributed by atoms with van der Waals surface area (Å²) in [4.78, 5) is 12.1. The van der Waals surface area contributed by atoms with E-state index in [2.05, 4.69) is 5.32 Å². The molecule has 0 radical (unpaired) electrons. The molecule has 0 atom stereocenters. The molecular formula is C16H24N2O5S. The smallest absolute Gasteiger partial charge is 0.240 e. The lowest BCUT2D eigenvalue weighted by Gasteiger charge is -2.25. The fraction of sp³-hybridized carbons (Fsp3) is 0.562. The molecule has 1 aliphatic rings. The van der Waals surface area contributed by atoms with Crippen molar-refractivity contribution in [3.05, 3.63) is 18.2 Å².